The monoisotopic (exact) mass is 199 g/mol. The van der Waals surface area contributed by atoms with Gasteiger partial charge in [0.25, 0.3) is 0 Å². The smallest absolute Gasteiger partial charge is 0.158 e. The molecule has 0 aliphatic heterocycles. The molecule has 5 heteroatoms. The van der Waals surface area contributed by atoms with E-state index in [1.54, 1.807) is 12.1 Å². The van der Waals surface area contributed by atoms with Gasteiger partial charge in [0.1, 0.15) is 5.88 Å². The molecule has 0 spiro atoms. The molecule has 0 unspecified atom stereocenters. The second kappa shape index (κ2) is 4.71. The Morgan fingerprint density at radius 1 is 1.31 bits per heavy atom. The highest BCUT2D eigenvalue weighted by atomic mass is 32.2. The van der Waals surface area contributed by atoms with Gasteiger partial charge in [0.05, 0.1) is 0 Å². The first-order valence-electron chi connectivity index (χ1n) is 3.71. The van der Waals surface area contributed by atoms with Crippen LogP contribution in [-0.2, 0) is 10.7 Å². The van der Waals surface area contributed by atoms with E-state index in [2.05, 4.69) is 17.7 Å². The number of hydrogen-bond acceptors (Lipinski definition) is 4. The molecule has 0 fully saturated rings. The Kier molecular flexibility index (Phi) is 3.57. The van der Waals surface area contributed by atoms with E-state index in [1.807, 2.05) is 12.1 Å². The minimum atomic E-state index is -2.39. The molecule has 71 valence electrons. The zero-order valence-corrected chi connectivity index (χ0v) is 7.88. The van der Waals surface area contributed by atoms with E-state index in [1.165, 1.54) is 0 Å². The van der Waals surface area contributed by atoms with Gasteiger partial charge in [-0.3, -0.25) is 0 Å². The van der Waals surface area contributed by atoms with Crippen LogP contribution in [0.3, 0.4) is 0 Å². The quantitative estimate of drug-likeness (QED) is 0.630. The molecule has 0 amide bonds. The molecule has 0 aliphatic rings. The fourth-order valence-electron chi connectivity index (χ4n) is 0.895. The van der Waals surface area contributed by atoms with Crippen LogP contribution in [-0.4, -0.2) is 14.3 Å². The first kappa shape index (κ1) is 9.85. The maximum absolute atomic E-state index is 10.3. The Hall–Kier alpha value is -1.23. The third-order valence-electron chi connectivity index (χ3n) is 1.48. The number of benzene rings is 1. The van der Waals surface area contributed by atoms with E-state index in [0.29, 0.717) is 0 Å². The highest BCUT2D eigenvalue weighted by Gasteiger charge is 1.93. The van der Waals surface area contributed by atoms with Gasteiger partial charge >= 0.3 is 0 Å². The molecule has 0 aromatic heterocycles. The van der Waals surface area contributed by atoms with Crippen molar-refractivity contribution >= 4 is 22.1 Å². The highest BCUT2D eigenvalue weighted by Crippen LogP contribution is 2.13. The van der Waals surface area contributed by atoms with Crippen LogP contribution < -0.4 is 10.6 Å². The summed E-state index contributed by atoms with van der Waals surface area (Å²) in [6.07, 6.45) is 0. The minimum Gasteiger partial charge on any atom is -0.383 e. The van der Waals surface area contributed by atoms with Crippen molar-refractivity contribution in [1.29, 1.82) is 0 Å². The highest BCUT2D eigenvalue weighted by molar-refractivity contribution is 7.72. The molecule has 0 saturated heterocycles. The van der Waals surface area contributed by atoms with Gasteiger partial charge in [0.15, 0.2) is 10.7 Å². The average Bonchev–Trinajstić information content (AvgIpc) is 2.15. The van der Waals surface area contributed by atoms with Crippen molar-refractivity contribution in [3.05, 3.63) is 31.3 Å². The van der Waals surface area contributed by atoms with Gasteiger partial charge < -0.3 is 10.6 Å². The molecule has 0 heterocycles. The lowest BCUT2D eigenvalue weighted by atomic mass is 10.3. The van der Waals surface area contributed by atoms with E-state index < -0.39 is 10.7 Å². The lowest BCUT2D eigenvalue weighted by molar-refractivity contribution is 0.616. The third kappa shape index (κ3) is 3.33. The van der Waals surface area contributed by atoms with Crippen molar-refractivity contribution in [2.45, 2.75) is 0 Å². The van der Waals surface area contributed by atoms with Crippen molar-refractivity contribution < 1.29 is 8.42 Å². The van der Waals surface area contributed by atoms with E-state index in [9.17, 15) is 8.42 Å². The van der Waals surface area contributed by atoms with Crippen LogP contribution in [0.4, 0.5) is 11.4 Å². The summed E-state index contributed by atoms with van der Waals surface area (Å²) in [5.41, 5.74) is 1.60. The zero-order chi connectivity index (χ0) is 9.68. The molecule has 0 aliphatic carbocycles. The Labute approximate surface area is 78.9 Å². The van der Waals surface area contributed by atoms with Crippen LogP contribution in [0.25, 0.3) is 0 Å². The van der Waals surface area contributed by atoms with E-state index >= 15 is 0 Å². The van der Waals surface area contributed by atoms with Crippen molar-refractivity contribution in [2.24, 2.45) is 0 Å². The number of thiol groups is 1. The fourth-order valence-corrected chi connectivity index (χ4v) is 1.21. The SMILES string of the molecule is [CH2]Nc1cccc(NC[SH](=O)=O)c1. The van der Waals surface area contributed by atoms with Crippen LogP contribution in [0.2, 0.25) is 0 Å². The molecule has 0 saturated carbocycles. The first-order valence-corrected chi connectivity index (χ1v) is 5.07. The second-order valence-electron chi connectivity index (χ2n) is 2.43. The van der Waals surface area contributed by atoms with Gasteiger partial charge in [-0.05, 0) is 18.2 Å². The normalized spacial score (nSPS) is 10.0. The Morgan fingerprint density at radius 2 is 2.00 bits per heavy atom. The van der Waals surface area contributed by atoms with Gasteiger partial charge in [0, 0.05) is 18.4 Å². The zero-order valence-electron chi connectivity index (χ0n) is 6.99. The van der Waals surface area contributed by atoms with Crippen LogP contribution in [0.5, 0.6) is 0 Å². The molecular formula is C8H11N2O2S. The fraction of sp³-hybridized carbons (Fsp3) is 0.125. The molecular weight excluding hydrogens is 188 g/mol. The Morgan fingerprint density at radius 3 is 2.62 bits per heavy atom. The third-order valence-corrected chi connectivity index (χ3v) is 1.90. The topological polar surface area (TPSA) is 58.2 Å². The van der Waals surface area contributed by atoms with Crippen molar-refractivity contribution in [3.8, 4) is 0 Å². The summed E-state index contributed by atoms with van der Waals surface area (Å²) in [5, 5.41) is 5.47. The maximum Gasteiger partial charge on any atom is 0.158 e. The van der Waals surface area contributed by atoms with Crippen LogP contribution >= 0.6 is 0 Å². The van der Waals surface area contributed by atoms with Gasteiger partial charge in [-0.25, -0.2) is 8.42 Å². The van der Waals surface area contributed by atoms with Gasteiger partial charge in [0.2, 0.25) is 0 Å². The van der Waals surface area contributed by atoms with Crippen molar-refractivity contribution in [1.82, 2.24) is 0 Å². The van der Waals surface area contributed by atoms with Crippen LogP contribution in [0.15, 0.2) is 24.3 Å². The maximum atomic E-state index is 10.3. The predicted octanol–water partition coefficient (Wildman–Crippen LogP) is 0.871. The number of rotatable bonds is 4. The molecule has 1 radical (unpaired) electrons. The molecule has 1 aromatic rings. The molecule has 0 atom stereocenters. The second-order valence-corrected chi connectivity index (χ2v) is 3.41. The molecule has 4 nitrogen and oxygen atoms in total. The Bertz CT molecular complexity index is 342. The largest absolute Gasteiger partial charge is 0.383 e. The summed E-state index contributed by atoms with van der Waals surface area (Å²) >= 11 is 0. The standard InChI is InChI=1S/C8H11N2O2S/c1-9-7-3-2-4-8(5-7)10-6-13(11)12/h2-5,9-10,13H,1,6H2. The molecule has 13 heavy (non-hydrogen) atoms. The van der Waals surface area contributed by atoms with Gasteiger partial charge in [-0.2, -0.15) is 0 Å². The summed E-state index contributed by atoms with van der Waals surface area (Å²) in [7, 11) is 1.11. The number of nitrogens with one attached hydrogen (secondary N) is 2. The van der Waals surface area contributed by atoms with E-state index in [4.69, 9.17) is 0 Å². The molecule has 0 bridgehead atoms. The molecule has 1 rings (SSSR count). The van der Waals surface area contributed by atoms with E-state index in [0.717, 1.165) is 11.4 Å². The lowest BCUT2D eigenvalue weighted by Crippen LogP contribution is -2.02. The number of anilines is 2. The summed E-state index contributed by atoms with van der Waals surface area (Å²) < 4.78 is 20.5. The van der Waals surface area contributed by atoms with Crippen LogP contribution in [0.1, 0.15) is 0 Å². The van der Waals surface area contributed by atoms with E-state index in [-0.39, 0.29) is 5.88 Å². The summed E-state index contributed by atoms with van der Waals surface area (Å²) in [6, 6.07) is 7.23. The lowest BCUT2D eigenvalue weighted by Gasteiger charge is -2.04. The Balaban J connectivity index is 2.66. The molecule has 1 aromatic carbocycles. The average molecular weight is 199 g/mol. The van der Waals surface area contributed by atoms with Crippen LogP contribution in [0, 0.1) is 7.05 Å². The summed E-state index contributed by atoms with van der Waals surface area (Å²) in [4.78, 5) is 0. The van der Waals surface area contributed by atoms with Gasteiger partial charge in [-0.15, -0.1) is 0 Å². The molecule has 2 N–H and O–H groups in total. The first-order chi connectivity index (χ1) is 6.22. The summed E-state index contributed by atoms with van der Waals surface area (Å²) in [5.74, 6) is -0.0457. The number of hydrogen-bond donors (Lipinski definition) is 3. The van der Waals surface area contributed by atoms with Crippen molar-refractivity contribution in [3.63, 3.8) is 0 Å². The van der Waals surface area contributed by atoms with Gasteiger partial charge in [-0.1, -0.05) is 6.07 Å². The predicted molar refractivity (Wildman–Crippen MR) is 54.2 cm³/mol. The summed E-state index contributed by atoms with van der Waals surface area (Å²) in [6.45, 7) is 0. The minimum absolute atomic E-state index is 0.0457. The van der Waals surface area contributed by atoms with Crippen molar-refractivity contribution in [2.75, 3.05) is 16.5 Å².